The molecule has 1 aromatic carbocycles. The van der Waals surface area contributed by atoms with Gasteiger partial charge in [0.15, 0.2) is 0 Å². The Balaban J connectivity index is 3.28. The fourth-order valence-corrected chi connectivity index (χ4v) is 2.64. The molecule has 1 rings (SSSR count). The monoisotopic (exact) mass is 258 g/mol. The molecule has 1 aromatic rings. The molecule has 0 N–H and O–H groups in total. The zero-order valence-corrected chi connectivity index (χ0v) is 11.7. The zero-order valence-electron chi connectivity index (χ0n) is 11.7. The Morgan fingerprint density at radius 2 is 1.32 bits per heavy atom. The normalized spacial score (nSPS) is 11.5. The van der Waals surface area contributed by atoms with Gasteiger partial charge in [-0.3, -0.25) is 0 Å². The van der Waals surface area contributed by atoms with Gasteiger partial charge in [0, 0.05) is 0 Å². The topological polar surface area (TPSA) is 66.0 Å². The van der Waals surface area contributed by atoms with Crippen molar-refractivity contribution in [2.45, 2.75) is 44.8 Å². The van der Waals surface area contributed by atoms with E-state index in [0.717, 1.165) is 5.56 Å². The number of nitriles is 2. The molecule has 0 spiro atoms. The Labute approximate surface area is 114 Å². The van der Waals surface area contributed by atoms with Crippen LogP contribution in [0.2, 0.25) is 0 Å². The maximum Gasteiger partial charge on any atom is 0.286 e. The number of ether oxygens (including phenoxy) is 2. The SMILES string of the molecule is CC(C)(OC#N)C(c1ccccc1)C(C)(C)OC#N. The molecule has 0 saturated heterocycles. The first-order chi connectivity index (χ1) is 8.85. The number of nitrogens with zero attached hydrogens (tertiary/aromatic N) is 2. The van der Waals surface area contributed by atoms with Gasteiger partial charge in [0.1, 0.15) is 11.2 Å². The minimum atomic E-state index is -0.781. The van der Waals surface area contributed by atoms with Crippen molar-refractivity contribution >= 4 is 0 Å². The van der Waals surface area contributed by atoms with Crippen LogP contribution >= 0.6 is 0 Å². The Morgan fingerprint density at radius 3 is 1.68 bits per heavy atom. The second-order valence-corrected chi connectivity index (χ2v) is 5.44. The Hall–Kier alpha value is -2.20. The van der Waals surface area contributed by atoms with Gasteiger partial charge < -0.3 is 9.47 Å². The molecule has 0 atom stereocenters. The number of benzene rings is 1. The van der Waals surface area contributed by atoms with Crippen LogP contribution in [-0.2, 0) is 9.47 Å². The summed E-state index contributed by atoms with van der Waals surface area (Å²) in [5.74, 6) is -0.263. The van der Waals surface area contributed by atoms with Crippen LogP contribution in [0.1, 0.15) is 39.2 Å². The summed E-state index contributed by atoms with van der Waals surface area (Å²) in [5.41, 5.74) is -0.601. The van der Waals surface area contributed by atoms with Crippen molar-refractivity contribution < 1.29 is 9.47 Å². The van der Waals surface area contributed by atoms with Gasteiger partial charge in [-0.1, -0.05) is 30.3 Å². The van der Waals surface area contributed by atoms with E-state index in [9.17, 15) is 0 Å². The summed E-state index contributed by atoms with van der Waals surface area (Å²) < 4.78 is 10.4. The predicted molar refractivity (Wildman–Crippen MR) is 70.7 cm³/mol. The van der Waals surface area contributed by atoms with Crippen LogP contribution in [0.3, 0.4) is 0 Å². The Kier molecular flexibility index (Phi) is 4.40. The van der Waals surface area contributed by atoms with Gasteiger partial charge in [0.2, 0.25) is 0 Å². The Morgan fingerprint density at radius 1 is 0.895 bits per heavy atom. The quantitative estimate of drug-likeness (QED) is 0.760. The lowest BCUT2D eigenvalue weighted by atomic mass is 9.74. The molecular weight excluding hydrogens is 240 g/mol. The number of hydrogen-bond donors (Lipinski definition) is 0. The fourth-order valence-electron chi connectivity index (χ4n) is 2.64. The standard InChI is InChI=1S/C15H18N2O2/c1-14(2,18-10-16)13(15(3,4)19-11-17)12-8-6-5-7-9-12/h5-9,13H,1-4H3. The smallest absolute Gasteiger partial charge is 0.286 e. The molecule has 4 heteroatoms. The first-order valence-corrected chi connectivity index (χ1v) is 6.04. The summed E-state index contributed by atoms with van der Waals surface area (Å²) in [6.07, 6.45) is 3.47. The van der Waals surface area contributed by atoms with Gasteiger partial charge in [-0.15, -0.1) is 0 Å². The van der Waals surface area contributed by atoms with Crippen LogP contribution in [0.15, 0.2) is 30.3 Å². The molecule has 0 aliphatic rings. The predicted octanol–water partition coefficient (Wildman–Crippen LogP) is 3.32. The first-order valence-electron chi connectivity index (χ1n) is 6.04. The molecule has 19 heavy (non-hydrogen) atoms. The van der Waals surface area contributed by atoms with Gasteiger partial charge in [0.25, 0.3) is 12.5 Å². The highest BCUT2D eigenvalue weighted by molar-refractivity contribution is 5.26. The van der Waals surface area contributed by atoms with E-state index in [2.05, 4.69) is 0 Å². The molecule has 0 unspecified atom stereocenters. The summed E-state index contributed by atoms with van der Waals surface area (Å²) in [7, 11) is 0. The third-order valence-electron chi connectivity index (χ3n) is 3.14. The van der Waals surface area contributed by atoms with Crippen LogP contribution in [-0.4, -0.2) is 11.2 Å². The van der Waals surface area contributed by atoms with Gasteiger partial charge >= 0.3 is 0 Å². The summed E-state index contributed by atoms with van der Waals surface area (Å²) in [6.45, 7) is 7.26. The minimum absolute atomic E-state index is 0.263. The molecule has 0 saturated carbocycles. The van der Waals surface area contributed by atoms with Crippen LogP contribution in [0.5, 0.6) is 0 Å². The molecule has 0 fully saturated rings. The maximum atomic E-state index is 8.82. The molecular formula is C15H18N2O2. The van der Waals surface area contributed by atoms with E-state index in [4.69, 9.17) is 20.0 Å². The second kappa shape index (κ2) is 5.63. The van der Waals surface area contributed by atoms with Crippen LogP contribution in [0.25, 0.3) is 0 Å². The van der Waals surface area contributed by atoms with Gasteiger partial charge in [0.05, 0.1) is 5.92 Å². The van der Waals surface area contributed by atoms with E-state index in [-0.39, 0.29) is 5.92 Å². The third kappa shape index (κ3) is 3.39. The lowest BCUT2D eigenvalue weighted by Gasteiger charge is -2.40. The van der Waals surface area contributed by atoms with E-state index in [1.165, 1.54) is 0 Å². The molecule has 4 nitrogen and oxygen atoms in total. The molecule has 0 heterocycles. The summed E-state index contributed by atoms with van der Waals surface area (Å²) in [6, 6.07) is 9.61. The second-order valence-electron chi connectivity index (χ2n) is 5.44. The fraction of sp³-hybridized carbons (Fsp3) is 0.467. The highest BCUT2D eigenvalue weighted by Crippen LogP contribution is 2.41. The van der Waals surface area contributed by atoms with Crippen LogP contribution in [0, 0.1) is 23.0 Å². The van der Waals surface area contributed by atoms with Crippen molar-refractivity contribution in [3.8, 4) is 12.5 Å². The highest BCUT2D eigenvalue weighted by Gasteiger charge is 2.45. The van der Waals surface area contributed by atoms with Crippen molar-refractivity contribution in [2.24, 2.45) is 0 Å². The molecule has 100 valence electrons. The maximum absolute atomic E-state index is 8.82. The van der Waals surface area contributed by atoms with E-state index < -0.39 is 11.2 Å². The number of hydrogen-bond acceptors (Lipinski definition) is 4. The van der Waals surface area contributed by atoms with Crippen LogP contribution in [0.4, 0.5) is 0 Å². The van der Waals surface area contributed by atoms with Crippen molar-refractivity contribution in [1.82, 2.24) is 0 Å². The lowest BCUT2D eigenvalue weighted by Crippen LogP contribution is -2.45. The summed E-state index contributed by atoms with van der Waals surface area (Å²) in [4.78, 5) is 0. The molecule has 0 bridgehead atoms. The lowest BCUT2D eigenvalue weighted by molar-refractivity contribution is -0.0541. The average Bonchev–Trinajstić information content (AvgIpc) is 2.29. The van der Waals surface area contributed by atoms with Crippen molar-refractivity contribution in [2.75, 3.05) is 0 Å². The van der Waals surface area contributed by atoms with Crippen molar-refractivity contribution in [3.05, 3.63) is 35.9 Å². The highest BCUT2D eigenvalue weighted by atomic mass is 16.5. The van der Waals surface area contributed by atoms with Crippen LogP contribution < -0.4 is 0 Å². The molecule has 0 amide bonds. The van der Waals surface area contributed by atoms with Crippen molar-refractivity contribution in [3.63, 3.8) is 0 Å². The molecule has 0 aromatic heterocycles. The summed E-state index contributed by atoms with van der Waals surface area (Å²) >= 11 is 0. The molecule has 0 aliphatic heterocycles. The summed E-state index contributed by atoms with van der Waals surface area (Å²) in [5, 5.41) is 17.6. The number of rotatable bonds is 5. The van der Waals surface area contributed by atoms with E-state index in [1.54, 1.807) is 12.5 Å². The van der Waals surface area contributed by atoms with Crippen molar-refractivity contribution in [1.29, 1.82) is 10.5 Å². The average molecular weight is 258 g/mol. The first kappa shape index (κ1) is 14.9. The van der Waals surface area contributed by atoms with Gasteiger partial charge in [-0.05, 0) is 33.3 Å². The van der Waals surface area contributed by atoms with Gasteiger partial charge in [-0.25, -0.2) is 0 Å². The van der Waals surface area contributed by atoms with Gasteiger partial charge in [-0.2, -0.15) is 10.5 Å². The van der Waals surface area contributed by atoms with E-state index in [1.807, 2.05) is 58.0 Å². The minimum Gasteiger partial charge on any atom is -0.421 e. The zero-order chi connectivity index (χ0) is 14.5. The Bertz CT molecular complexity index is 467. The molecule has 0 aliphatic carbocycles. The van der Waals surface area contributed by atoms with E-state index in [0.29, 0.717) is 0 Å². The molecule has 0 radical (unpaired) electrons. The largest absolute Gasteiger partial charge is 0.421 e. The third-order valence-corrected chi connectivity index (χ3v) is 3.14. The van der Waals surface area contributed by atoms with E-state index >= 15 is 0 Å².